The molecule has 0 unspecified atom stereocenters. The van der Waals surface area contributed by atoms with Gasteiger partial charge in [0.15, 0.2) is 0 Å². The van der Waals surface area contributed by atoms with Gasteiger partial charge in [-0.2, -0.15) is 4.98 Å². The van der Waals surface area contributed by atoms with E-state index < -0.39 is 0 Å². The molecule has 0 aliphatic carbocycles. The van der Waals surface area contributed by atoms with Crippen LogP contribution in [0, 0.1) is 6.92 Å². The summed E-state index contributed by atoms with van der Waals surface area (Å²) in [5, 5.41) is 3.94. The largest absolute Gasteiger partial charge is 0.337 e. The summed E-state index contributed by atoms with van der Waals surface area (Å²) >= 11 is 0. The van der Waals surface area contributed by atoms with Crippen molar-refractivity contribution >= 4 is 0 Å². The van der Waals surface area contributed by atoms with Crippen molar-refractivity contribution < 1.29 is 4.52 Å². The van der Waals surface area contributed by atoms with Crippen LogP contribution in [-0.4, -0.2) is 15.1 Å². The van der Waals surface area contributed by atoms with Gasteiger partial charge < -0.3 is 10.3 Å². The Morgan fingerprint density at radius 2 is 2.29 bits per heavy atom. The van der Waals surface area contributed by atoms with Crippen molar-refractivity contribution in [2.45, 2.75) is 32.7 Å². The van der Waals surface area contributed by atoms with Gasteiger partial charge in [0.25, 0.3) is 0 Å². The zero-order valence-corrected chi connectivity index (χ0v) is 10.1. The lowest BCUT2D eigenvalue weighted by atomic mass is 10.1. The van der Waals surface area contributed by atoms with Gasteiger partial charge in [0.1, 0.15) is 0 Å². The topological polar surface area (TPSA) is 77.8 Å². The zero-order chi connectivity index (χ0) is 12.3. The highest BCUT2D eigenvalue weighted by Crippen LogP contribution is 2.21. The van der Waals surface area contributed by atoms with Crippen molar-refractivity contribution in [3.63, 3.8) is 0 Å². The highest BCUT2D eigenvalue weighted by Gasteiger charge is 2.15. The maximum Gasteiger partial charge on any atom is 0.243 e. The van der Waals surface area contributed by atoms with Gasteiger partial charge in [0.2, 0.25) is 11.7 Å². The lowest BCUT2D eigenvalue weighted by molar-refractivity contribution is 0.348. The van der Waals surface area contributed by atoms with Crippen LogP contribution < -0.4 is 5.73 Å². The lowest BCUT2D eigenvalue weighted by Gasteiger charge is -2.02. The molecule has 0 saturated heterocycles. The standard InChI is InChI=1S/C12H16N4O/c1-3-4-10(13)12-15-11(16-17-12)9-7-14-6-5-8(9)2/h5-7,10H,3-4,13H2,1-2H3/t10-/m1/s1. The molecule has 0 fully saturated rings. The maximum absolute atomic E-state index is 5.92. The SMILES string of the molecule is CCC[C@@H](N)c1nc(-c2cnccc2C)no1. The first-order valence-electron chi connectivity index (χ1n) is 5.72. The van der Waals surface area contributed by atoms with E-state index in [9.17, 15) is 0 Å². The molecule has 0 spiro atoms. The number of nitrogens with two attached hydrogens (primary N) is 1. The Balaban J connectivity index is 2.27. The monoisotopic (exact) mass is 232 g/mol. The van der Waals surface area contributed by atoms with Crippen LogP contribution >= 0.6 is 0 Å². The molecule has 0 saturated carbocycles. The van der Waals surface area contributed by atoms with Gasteiger partial charge in [-0.1, -0.05) is 18.5 Å². The number of aryl methyl sites for hydroxylation is 1. The Morgan fingerprint density at radius 1 is 1.47 bits per heavy atom. The normalized spacial score (nSPS) is 12.6. The molecular weight excluding hydrogens is 216 g/mol. The Kier molecular flexibility index (Phi) is 3.49. The van der Waals surface area contributed by atoms with Crippen LogP contribution in [0.3, 0.4) is 0 Å². The Bertz CT molecular complexity index is 495. The summed E-state index contributed by atoms with van der Waals surface area (Å²) in [4.78, 5) is 8.38. The van der Waals surface area contributed by atoms with E-state index in [1.807, 2.05) is 13.0 Å². The molecule has 0 aliphatic heterocycles. The molecule has 0 aromatic carbocycles. The van der Waals surface area contributed by atoms with E-state index in [1.54, 1.807) is 12.4 Å². The van der Waals surface area contributed by atoms with Crippen LogP contribution in [0.15, 0.2) is 23.0 Å². The molecule has 0 radical (unpaired) electrons. The molecule has 2 aromatic heterocycles. The number of hydrogen-bond donors (Lipinski definition) is 1. The fourth-order valence-electron chi connectivity index (χ4n) is 1.63. The van der Waals surface area contributed by atoms with E-state index >= 15 is 0 Å². The minimum absolute atomic E-state index is 0.182. The minimum atomic E-state index is -0.182. The predicted octanol–water partition coefficient (Wildman–Crippen LogP) is 2.24. The minimum Gasteiger partial charge on any atom is -0.337 e. The van der Waals surface area contributed by atoms with Crippen molar-refractivity contribution in [2.75, 3.05) is 0 Å². The average molecular weight is 232 g/mol. The van der Waals surface area contributed by atoms with E-state index in [1.165, 1.54) is 0 Å². The second-order valence-corrected chi connectivity index (χ2v) is 4.04. The van der Waals surface area contributed by atoms with Crippen LogP contribution in [0.4, 0.5) is 0 Å². The molecule has 5 nitrogen and oxygen atoms in total. The van der Waals surface area contributed by atoms with Crippen LogP contribution in [0.25, 0.3) is 11.4 Å². The zero-order valence-electron chi connectivity index (χ0n) is 10.1. The fraction of sp³-hybridized carbons (Fsp3) is 0.417. The predicted molar refractivity (Wildman–Crippen MR) is 64.1 cm³/mol. The number of nitrogens with zero attached hydrogens (tertiary/aromatic N) is 3. The molecule has 90 valence electrons. The van der Waals surface area contributed by atoms with Crippen LogP contribution in [0.1, 0.15) is 37.3 Å². The third-order valence-corrected chi connectivity index (χ3v) is 2.64. The summed E-state index contributed by atoms with van der Waals surface area (Å²) in [5.41, 5.74) is 7.87. The molecule has 2 heterocycles. The summed E-state index contributed by atoms with van der Waals surface area (Å²) < 4.78 is 5.17. The summed E-state index contributed by atoms with van der Waals surface area (Å²) in [6, 6.07) is 1.73. The number of hydrogen-bond acceptors (Lipinski definition) is 5. The number of aromatic nitrogens is 3. The van der Waals surface area contributed by atoms with Gasteiger partial charge in [-0.25, -0.2) is 0 Å². The second kappa shape index (κ2) is 5.05. The molecule has 2 aromatic rings. The van der Waals surface area contributed by atoms with Crippen LogP contribution in [0.2, 0.25) is 0 Å². The van der Waals surface area contributed by atoms with Crippen LogP contribution in [0.5, 0.6) is 0 Å². The Hall–Kier alpha value is -1.75. The second-order valence-electron chi connectivity index (χ2n) is 4.04. The number of pyridine rings is 1. The molecular formula is C12H16N4O. The summed E-state index contributed by atoms with van der Waals surface area (Å²) in [6.07, 6.45) is 5.30. The van der Waals surface area contributed by atoms with E-state index in [0.29, 0.717) is 11.7 Å². The molecule has 17 heavy (non-hydrogen) atoms. The smallest absolute Gasteiger partial charge is 0.243 e. The van der Waals surface area contributed by atoms with E-state index in [-0.39, 0.29) is 6.04 Å². The Labute approximate surface area is 100 Å². The van der Waals surface area contributed by atoms with Gasteiger partial charge >= 0.3 is 0 Å². The van der Waals surface area contributed by atoms with Gasteiger partial charge in [0, 0.05) is 18.0 Å². The maximum atomic E-state index is 5.92. The molecule has 2 N–H and O–H groups in total. The van der Waals surface area contributed by atoms with Crippen molar-refractivity contribution in [3.8, 4) is 11.4 Å². The van der Waals surface area contributed by atoms with Gasteiger partial charge in [0.05, 0.1) is 6.04 Å². The Morgan fingerprint density at radius 3 is 3.00 bits per heavy atom. The van der Waals surface area contributed by atoms with Crippen molar-refractivity contribution in [1.29, 1.82) is 0 Å². The van der Waals surface area contributed by atoms with E-state index in [2.05, 4.69) is 22.0 Å². The molecule has 1 atom stereocenters. The molecule has 0 aliphatic rings. The van der Waals surface area contributed by atoms with E-state index in [0.717, 1.165) is 24.0 Å². The highest BCUT2D eigenvalue weighted by molar-refractivity contribution is 5.57. The van der Waals surface area contributed by atoms with Gasteiger partial charge in [-0.15, -0.1) is 0 Å². The summed E-state index contributed by atoms with van der Waals surface area (Å²) in [6.45, 7) is 4.06. The van der Waals surface area contributed by atoms with Crippen molar-refractivity contribution in [3.05, 3.63) is 29.9 Å². The van der Waals surface area contributed by atoms with Crippen molar-refractivity contribution in [1.82, 2.24) is 15.1 Å². The molecule has 0 bridgehead atoms. The third-order valence-electron chi connectivity index (χ3n) is 2.64. The quantitative estimate of drug-likeness (QED) is 0.874. The highest BCUT2D eigenvalue weighted by atomic mass is 16.5. The lowest BCUT2D eigenvalue weighted by Crippen LogP contribution is -2.09. The van der Waals surface area contributed by atoms with E-state index in [4.69, 9.17) is 10.3 Å². The number of rotatable bonds is 4. The van der Waals surface area contributed by atoms with Crippen molar-refractivity contribution in [2.24, 2.45) is 5.73 Å². The third kappa shape index (κ3) is 2.50. The first-order chi connectivity index (χ1) is 8.22. The average Bonchev–Trinajstić information content (AvgIpc) is 2.79. The molecule has 2 rings (SSSR count). The molecule has 5 heteroatoms. The van der Waals surface area contributed by atoms with Gasteiger partial charge in [-0.05, 0) is 25.0 Å². The van der Waals surface area contributed by atoms with Crippen LogP contribution in [-0.2, 0) is 0 Å². The summed E-state index contributed by atoms with van der Waals surface area (Å²) in [7, 11) is 0. The fourth-order valence-corrected chi connectivity index (χ4v) is 1.63. The van der Waals surface area contributed by atoms with Gasteiger partial charge in [-0.3, -0.25) is 4.98 Å². The first-order valence-corrected chi connectivity index (χ1v) is 5.72. The first kappa shape index (κ1) is 11.7. The molecule has 0 amide bonds. The summed E-state index contributed by atoms with van der Waals surface area (Å²) in [5.74, 6) is 1.04.